The fraction of sp³-hybridized carbons (Fsp3) is 0.588. The molecule has 2 heterocycles. The van der Waals surface area contributed by atoms with Crippen LogP contribution in [0.15, 0.2) is 22.3 Å². The maximum absolute atomic E-state index is 12.7. The van der Waals surface area contributed by atoms with Gasteiger partial charge in [-0.2, -0.15) is 0 Å². The Morgan fingerprint density at radius 1 is 1.26 bits per heavy atom. The van der Waals surface area contributed by atoms with Gasteiger partial charge in [0.1, 0.15) is 11.3 Å². The molecule has 2 aromatic rings. The van der Waals surface area contributed by atoms with E-state index in [0.29, 0.717) is 11.6 Å². The number of nitrogens with one attached hydrogen (secondary N) is 1. The van der Waals surface area contributed by atoms with Crippen molar-refractivity contribution in [2.45, 2.75) is 62.8 Å². The average Bonchev–Trinajstić information content (AvgIpc) is 3.32. The van der Waals surface area contributed by atoms with E-state index >= 15 is 0 Å². The normalized spacial score (nSPS) is 20.9. The number of hydrogen-bond acceptors (Lipinski definition) is 5. The summed E-state index contributed by atoms with van der Waals surface area (Å²) in [4.78, 5) is 21.6. The minimum atomic E-state index is -0.322. The van der Waals surface area contributed by atoms with Crippen molar-refractivity contribution in [3.8, 4) is 0 Å². The van der Waals surface area contributed by atoms with Crippen LogP contribution in [0.3, 0.4) is 0 Å². The first-order chi connectivity index (χ1) is 11.3. The molecule has 0 spiro atoms. The van der Waals surface area contributed by atoms with Crippen LogP contribution in [-0.4, -0.2) is 15.9 Å². The minimum absolute atomic E-state index is 0.143. The summed E-state index contributed by atoms with van der Waals surface area (Å²) in [5, 5.41) is 6.17. The first kappa shape index (κ1) is 14.9. The molecule has 23 heavy (non-hydrogen) atoms. The van der Waals surface area contributed by atoms with Crippen LogP contribution in [0, 0.1) is 0 Å². The second-order valence-electron chi connectivity index (χ2n) is 6.63. The number of carbonyl (C=O) groups excluding carboxylic acids is 1. The zero-order valence-corrected chi connectivity index (χ0v) is 13.9. The SMILES string of the molecule is O=C(NC1(c2nccs2)CCCC1)c1coc(C2CCCC2)n1. The van der Waals surface area contributed by atoms with Crippen LogP contribution in [0.25, 0.3) is 0 Å². The largest absolute Gasteiger partial charge is 0.448 e. The third kappa shape index (κ3) is 2.80. The van der Waals surface area contributed by atoms with E-state index in [9.17, 15) is 4.79 Å². The van der Waals surface area contributed by atoms with Gasteiger partial charge in [-0.05, 0) is 25.7 Å². The lowest BCUT2D eigenvalue weighted by Gasteiger charge is -2.27. The van der Waals surface area contributed by atoms with Crippen molar-refractivity contribution in [1.29, 1.82) is 0 Å². The highest BCUT2D eigenvalue weighted by atomic mass is 32.1. The summed E-state index contributed by atoms with van der Waals surface area (Å²) in [6.07, 6.45) is 12.1. The fourth-order valence-electron chi connectivity index (χ4n) is 3.86. The Morgan fingerprint density at radius 2 is 2.04 bits per heavy atom. The van der Waals surface area contributed by atoms with Crippen LogP contribution in [0.2, 0.25) is 0 Å². The predicted molar refractivity (Wildman–Crippen MR) is 87.4 cm³/mol. The summed E-state index contributed by atoms with van der Waals surface area (Å²) >= 11 is 1.61. The molecular weight excluding hydrogens is 310 g/mol. The molecule has 2 aliphatic rings. The molecule has 1 amide bonds. The highest BCUT2D eigenvalue weighted by Gasteiger charge is 2.40. The molecule has 1 N–H and O–H groups in total. The van der Waals surface area contributed by atoms with Crippen molar-refractivity contribution in [3.05, 3.63) is 34.4 Å². The van der Waals surface area contributed by atoms with Gasteiger partial charge in [-0.3, -0.25) is 4.79 Å². The molecule has 0 radical (unpaired) electrons. The van der Waals surface area contributed by atoms with Crippen LogP contribution in [0.4, 0.5) is 0 Å². The lowest BCUT2D eigenvalue weighted by atomic mass is 9.98. The average molecular weight is 331 g/mol. The summed E-state index contributed by atoms with van der Waals surface area (Å²) < 4.78 is 5.57. The third-order valence-corrected chi connectivity index (χ3v) is 6.09. The Bertz CT molecular complexity index is 668. The number of nitrogens with zero attached hydrogens (tertiary/aromatic N) is 2. The van der Waals surface area contributed by atoms with Crippen molar-refractivity contribution >= 4 is 17.2 Å². The van der Waals surface area contributed by atoms with E-state index in [1.807, 2.05) is 5.38 Å². The summed E-state index contributed by atoms with van der Waals surface area (Å²) in [5.74, 6) is 0.966. The molecule has 0 unspecified atom stereocenters. The standard InChI is InChI=1S/C17H21N3O2S/c21-14(13-11-22-15(19-13)12-5-1-2-6-12)20-17(7-3-4-8-17)16-18-9-10-23-16/h9-12H,1-8H2,(H,20,21). The van der Waals surface area contributed by atoms with Gasteiger partial charge in [0.15, 0.2) is 11.6 Å². The van der Waals surface area contributed by atoms with Crippen LogP contribution in [0.5, 0.6) is 0 Å². The summed E-state index contributed by atoms with van der Waals surface area (Å²) in [7, 11) is 0. The second-order valence-corrected chi connectivity index (χ2v) is 7.53. The number of hydrogen-bond donors (Lipinski definition) is 1. The van der Waals surface area contributed by atoms with Crippen molar-refractivity contribution < 1.29 is 9.21 Å². The van der Waals surface area contributed by atoms with E-state index in [1.54, 1.807) is 17.5 Å². The maximum atomic E-state index is 12.7. The number of amides is 1. The van der Waals surface area contributed by atoms with E-state index in [1.165, 1.54) is 19.1 Å². The molecule has 2 saturated carbocycles. The molecular formula is C17H21N3O2S. The molecule has 0 atom stereocenters. The van der Waals surface area contributed by atoms with Gasteiger partial charge in [0, 0.05) is 17.5 Å². The molecule has 122 valence electrons. The molecule has 4 rings (SSSR count). The molecule has 0 aliphatic heterocycles. The van der Waals surface area contributed by atoms with Gasteiger partial charge in [0.2, 0.25) is 0 Å². The van der Waals surface area contributed by atoms with Gasteiger partial charge in [-0.25, -0.2) is 9.97 Å². The summed E-state index contributed by atoms with van der Waals surface area (Å²) in [5.41, 5.74) is 0.0762. The van der Waals surface area contributed by atoms with Crippen LogP contribution >= 0.6 is 11.3 Å². The van der Waals surface area contributed by atoms with Crippen LogP contribution < -0.4 is 5.32 Å². The van der Waals surface area contributed by atoms with Gasteiger partial charge in [-0.1, -0.05) is 25.7 Å². The number of thiazole rings is 1. The van der Waals surface area contributed by atoms with Gasteiger partial charge in [-0.15, -0.1) is 11.3 Å². The Kier molecular flexibility index (Phi) is 3.93. The van der Waals surface area contributed by atoms with Gasteiger partial charge in [0.25, 0.3) is 5.91 Å². The Hall–Kier alpha value is -1.69. The lowest BCUT2D eigenvalue weighted by Crippen LogP contribution is -2.43. The van der Waals surface area contributed by atoms with E-state index in [4.69, 9.17) is 4.42 Å². The van der Waals surface area contributed by atoms with Gasteiger partial charge >= 0.3 is 0 Å². The van der Waals surface area contributed by atoms with Crippen molar-refractivity contribution in [1.82, 2.24) is 15.3 Å². The highest BCUT2D eigenvalue weighted by molar-refractivity contribution is 7.09. The van der Waals surface area contributed by atoms with E-state index < -0.39 is 0 Å². The van der Waals surface area contributed by atoms with Crippen molar-refractivity contribution in [2.75, 3.05) is 0 Å². The minimum Gasteiger partial charge on any atom is -0.448 e. The van der Waals surface area contributed by atoms with E-state index in [2.05, 4.69) is 15.3 Å². The molecule has 2 fully saturated rings. The number of aromatic nitrogens is 2. The van der Waals surface area contributed by atoms with E-state index in [0.717, 1.165) is 49.4 Å². The van der Waals surface area contributed by atoms with Gasteiger partial charge < -0.3 is 9.73 Å². The summed E-state index contributed by atoms with van der Waals surface area (Å²) in [6.45, 7) is 0. The van der Waals surface area contributed by atoms with Crippen molar-refractivity contribution in [3.63, 3.8) is 0 Å². The highest BCUT2D eigenvalue weighted by Crippen LogP contribution is 2.40. The fourth-order valence-corrected chi connectivity index (χ4v) is 4.72. The molecule has 0 aromatic carbocycles. The van der Waals surface area contributed by atoms with Gasteiger partial charge in [0.05, 0.1) is 5.54 Å². The van der Waals surface area contributed by atoms with E-state index in [-0.39, 0.29) is 11.4 Å². The maximum Gasteiger partial charge on any atom is 0.274 e. The molecule has 5 nitrogen and oxygen atoms in total. The van der Waals surface area contributed by atoms with Crippen LogP contribution in [-0.2, 0) is 5.54 Å². The predicted octanol–water partition coefficient (Wildman–Crippen LogP) is 3.99. The molecule has 2 aliphatic carbocycles. The topological polar surface area (TPSA) is 68.0 Å². The zero-order chi connectivity index (χ0) is 15.7. The Labute approximate surface area is 139 Å². The third-order valence-electron chi connectivity index (χ3n) is 5.11. The Morgan fingerprint density at radius 3 is 2.74 bits per heavy atom. The first-order valence-corrected chi connectivity index (χ1v) is 9.33. The zero-order valence-electron chi connectivity index (χ0n) is 13.1. The number of rotatable bonds is 4. The quantitative estimate of drug-likeness (QED) is 0.920. The second kappa shape index (κ2) is 6.07. The molecule has 2 aromatic heterocycles. The smallest absolute Gasteiger partial charge is 0.274 e. The molecule has 6 heteroatoms. The van der Waals surface area contributed by atoms with Crippen LogP contribution in [0.1, 0.15) is 78.7 Å². The number of carbonyl (C=O) groups is 1. The monoisotopic (exact) mass is 331 g/mol. The summed E-state index contributed by atoms with van der Waals surface area (Å²) in [6, 6.07) is 0. The first-order valence-electron chi connectivity index (χ1n) is 8.45. The number of oxazole rings is 1. The lowest BCUT2D eigenvalue weighted by molar-refractivity contribution is 0.0892. The Balaban J connectivity index is 1.52. The van der Waals surface area contributed by atoms with Crippen molar-refractivity contribution in [2.24, 2.45) is 0 Å². The molecule has 0 bridgehead atoms. The molecule has 0 saturated heterocycles.